The summed E-state index contributed by atoms with van der Waals surface area (Å²) in [5.41, 5.74) is 2.24. The van der Waals surface area contributed by atoms with Crippen molar-refractivity contribution in [1.82, 2.24) is 0 Å². The molecule has 3 heteroatoms. The summed E-state index contributed by atoms with van der Waals surface area (Å²) < 4.78 is 27.1. The zero-order valence-electron chi connectivity index (χ0n) is 12.4. The van der Waals surface area contributed by atoms with Crippen molar-refractivity contribution in [2.45, 2.75) is 39.2 Å². The topological polar surface area (TPSA) is 20.2 Å². The Hall–Kier alpha value is -1.74. The zero-order chi connectivity index (χ0) is 15.4. The van der Waals surface area contributed by atoms with Crippen molar-refractivity contribution in [2.75, 3.05) is 0 Å². The van der Waals surface area contributed by atoms with Gasteiger partial charge in [-0.1, -0.05) is 37.6 Å². The fraction of sp³-hybridized carbons (Fsp3) is 0.333. The average Bonchev–Trinajstić information content (AvgIpc) is 2.48. The molecule has 0 bridgehead atoms. The Bertz CT molecular complexity index is 605. The Morgan fingerprint density at radius 2 is 1.71 bits per heavy atom. The van der Waals surface area contributed by atoms with E-state index in [1.807, 2.05) is 12.1 Å². The van der Waals surface area contributed by atoms with Crippen molar-refractivity contribution in [3.63, 3.8) is 0 Å². The molecule has 0 saturated carbocycles. The summed E-state index contributed by atoms with van der Waals surface area (Å²) >= 11 is 0. The predicted molar refractivity (Wildman–Crippen MR) is 80.2 cm³/mol. The highest BCUT2D eigenvalue weighted by Gasteiger charge is 2.17. The summed E-state index contributed by atoms with van der Waals surface area (Å²) in [6.07, 6.45) is 2.17. The van der Waals surface area contributed by atoms with Gasteiger partial charge in [0.1, 0.15) is 17.7 Å². The van der Waals surface area contributed by atoms with E-state index in [0.717, 1.165) is 25.3 Å². The highest BCUT2D eigenvalue weighted by Crippen LogP contribution is 2.26. The fourth-order valence-electron chi connectivity index (χ4n) is 2.32. The molecular weight excluding hydrogens is 270 g/mol. The molecule has 0 saturated heterocycles. The fourth-order valence-corrected chi connectivity index (χ4v) is 2.32. The molecule has 21 heavy (non-hydrogen) atoms. The summed E-state index contributed by atoms with van der Waals surface area (Å²) in [4.78, 5) is 0. The van der Waals surface area contributed by atoms with E-state index in [4.69, 9.17) is 0 Å². The van der Waals surface area contributed by atoms with Crippen molar-refractivity contribution < 1.29 is 13.9 Å². The van der Waals surface area contributed by atoms with Gasteiger partial charge in [-0.05, 0) is 42.5 Å². The number of aliphatic hydroxyl groups is 1. The maximum absolute atomic E-state index is 13.8. The van der Waals surface area contributed by atoms with Gasteiger partial charge >= 0.3 is 0 Å². The SMILES string of the molecule is CCCCc1ccc(C(O)c2cc(C)c(F)cc2F)cc1. The molecule has 2 rings (SSSR count). The first-order valence-electron chi connectivity index (χ1n) is 7.25. The lowest BCUT2D eigenvalue weighted by Gasteiger charge is -2.14. The minimum Gasteiger partial charge on any atom is -0.384 e. The quantitative estimate of drug-likeness (QED) is 0.846. The normalized spacial score (nSPS) is 12.4. The molecule has 1 N–H and O–H groups in total. The van der Waals surface area contributed by atoms with Crippen molar-refractivity contribution in [2.24, 2.45) is 0 Å². The molecule has 0 aliphatic carbocycles. The Labute approximate surface area is 124 Å². The van der Waals surface area contributed by atoms with Crippen molar-refractivity contribution in [3.8, 4) is 0 Å². The molecular formula is C18H20F2O. The van der Waals surface area contributed by atoms with Crippen LogP contribution in [-0.4, -0.2) is 5.11 Å². The summed E-state index contributed by atoms with van der Waals surface area (Å²) in [6, 6.07) is 9.68. The lowest BCUT2D eigenvalue weighted by atomic mass is 9.97. The van der Waals surface area contributed by atoms with E-state index in [0.29, 0.717) is 11.1 Å². The number of aryl methyl sites for hydroxylation is 2. The van der Waals surface area contributed by atoms with Crippen molar-refractivity contribution in [1.29, 1.82) is 0 Å². The molecule has 2 aromatic rings. The van der Waals surface area contributed by atoms with Crippen LogP contribution in [0.2, 0.25) is 0 Å². The highest BCUT2D eigenvalue weighted by atomic mass is 19.1. The van der Waals surface area contributed by atoms with E-state index < -0.39 is 17.7 Å². The van der Waals surface area contributed by atoms with E-state index in [2.05, 4.69) is 6.92 Å². The zero-order valence-corrected chi connectivity index (χ0v) is 12.4. The number of hydrogen-bond donors (Lipinski definition) is 1. The number of rotatable bonds is 5. The first kappa shape index (κ1) is 15.6. The molecule has 0 spiro atoms. The molecule has 0 fully saturated rings. The van der Waals surface area contributed by atoms with Crippen LogP contribution in [0.1, 0.15) is 48.1 Å². The number of halogens is 2. The van der Waals surface area contributed by atoms with Crippen LogP contribution in [-0.2, 0) is 6.42 Å². The monoisotopic (exact) mass is 290 g/mol. The molecule has 0 aromatic heterocycles. The van der Waals surface area contributed by atoms with E-state index in [1.165, 1.54) is 11.6 Å². The average molecular weight is 290 g/mol. The van der Waals surface area contributed by atoms with Gasteiger partial charge in [-0.15, -0.1) is 0 Å². The largest absolute Gasteiger partial charge is 0.384 e. The number of benzene rings is 2. The van der Waals surface area contributed by atoms with Gasteiger partial charge in [-0.25, -0.2) is 8.78 Å². The molecule has 112 valence electrons. The van der Waals surface area contributed by atoms with Gasteiger partial charge in [-0.2, -0.15) is 0 Å². The summed E-state index contributed by atoms with van der Waals surface area (Å²) in [5, 5.41) is 10.3. The summed E-state index contributed by atoms with van der Waals surface area (Å²) in [5.74, 6) is -1.32. The number of aliphatic hydroxyl groups excluding tert-OH is 1. The molecule has 2 aromatic carbocycles. The van der Waals surface area contributed by atoms with Crippen molar-refractivity contribution >= 4 is 0 Å². The van der Waals surface area contributed by atoms with Gasteiger partial charge < -0.3 is 5.11 Å². The molecule has 0 heterocycles. The smallest absolute Gasteiger partial charge is 0.132 e. The molecule has 0 aliphatic heterocycles. The summed E-state index contributed by atoms with van der Waals surface area (Å²) in [6.45, 7) is 3.69. The third kappa shape index (κ3) is 3.67. The van der Waals surface area contributed by atoms with Crippen LogP contribution in [0.15, 0.2) is 36.4 Å². The number of hydrogen-bond acceptors (Lipinski definition) is 1. The Morgan fingerprint density at radius 1 is 1.05 bits per heavy atom. The Morgan fingerprint density at radius 3 is 2.33 bits per heavy atom. The highest BCUT2D eigenvalue weighted by molar-refractivity contribution is 5.35. The standard InChI is InChI=1S/C18H20F2O/c1-3-4-5-13-6-8-14(9-7-13)18(21)15-10-12(2)16(19)11-17(15)20/h6-11,18,21H,3-5H2,1-2H3. The third-order valence-corrected chi connectivity index (χ3v) is 3.69. The molecule has 1 atom stereocenters. The lowest BCUT2D eigenvalue weighted by Crippen LogP contribution is -2.04. The Balaban J connectivity index is 2.23. The van der Waals surface area contributed by atoms with Crippen LogP contribution in [0.3, 0.4) is 0 Å². The van der Waals surface area contributed by atoms with Gasteiger partial charge in [0.15, 0.2) is 0 Å². The molecule has 1 nitrogen and oxygen atoms in total. The molecule has 1 unspecified atom stereocenters. The van der Waals surface area contributed by atoms with Crippen molar-refractivity contribution in [3.05, 3.63) is 70.3 Å². The predicted octanol–water partition coefficient (Wildman–Crippen LogP) is 4.70. The van der Waals surface area contributed by atoms with Crippen LogP contribution >= 0.6 is 0 Å². The van der Waals surface area contributed by atoms with Gasteiger partial charge in [0.05, 0.1) is 0 Å². The van der Waals surface area contributed by atoms with E-state index in [-0.39, 0.29) is 5.56 Å². The lowest BCUT2D eigenvalue weighted by molar-refractivity contribution is 0.214. The second-order valence-corrected chi connectivity index (χ2v) is 5.37. The first-order valence-corrected chi connectivity index (χ1v) is 7.25. The van der Waals surface area contributed by atoms with Gasteiger partial charge in [-0.3, -0.25) is 0 Å². The third-order valence-electron chi connectivity index (χ3n) is 3.69. The van der Waals surface area contributed by atoms with Crippen LogP contribution in [0.5, 0.6) is 0 Å². The van der Waals surface area contributed by atoms with Gasteiger partial charge in [0, 0.05) is 11.6 Å². The van der Waals surface area contributed by atoms with Gasteiger partial charge in [0.2, 0.25) is 0 Å². The minimum absolute atomic E-state index is 0.107. The minimum atomic E-state index is -1.08. The molecule has 0 aliphatic rings. The van der Waals surface area contributed by atoms with Crippen LogP contribution in [0.25, 0.3) is 0 Å². The van der Waals surface area contributed by atoms with E-state index in [1.54, 1.807) is 19.1 Å². The second-order valence-electron chi connectivity index (χ2n) is 5.37. The maximum atomic E-state index is 13.8. The van der Waals surface area contributed by atoms with E-state index in [9.17, 15) is 13.9 Å². The second kappa shape index (κ2) is 6.81. The number of unbranched alkanes of at least 4 members (excludes halogenated alkanes) is 1. The Kier molecular flexibility index (Phi) is 5.07. The summed E-state index contributed by atoms with van der Waals surface area (Å²) in [7, 11) is 0. The molecule has 0 amide bonds. The van der Waals surface area contributed by atoms with Gasteiger partial charge in [0.25, 0.3) is 0 Å². The molecule has 0 radical (unpaired) electrons. The van der Waals surface area contributed by atoms with E-state index >= 15 is 0 Å². The van der Waals surface area contributed by atoms with Crippen LogP contribution in [0, 0.1) is 18.6 Å². The van der Waals surface area contributed by atoms with Crippen LogP contribution in [0.4, 0.5) is 8.78 Å². The first-order chi connectivity index (χ1) is 10.0. The van der Waals surface area contributed by atoms with Crippen LogP contribution < -0.4 is 0 Å². The maximum Gasteiger partial charge on any atom is 0.132 e.